The van der Waals surface area contributed by atoms with Crippen LogP contribution in [0, 0.1) is 0 Å². The van der Waals surface area contributed by atoms with Crippen molar-refractivity contribution in [1.82, 2.24) is 0 Å². The van der Waals surface area contributed by atoms with Gasteiger partial charge < -0.3 is 9.47 Å². The van der Waals surface area contributed by atoms with E-state index in [-0.39, 0.29) is 5.97 Å². The molecule has 0 fully saturated rings. The van der Waals surface area contributed by atoms with Crippen LogP contribution in [0.25, 0.3) is 0 Å². The van der Waals surface area contributed by atoms with E-state index in [1.54, 1.807) is 0 Å². The Morgan fingerprint density at radius 2 is 1.89 bits per heavy atom. The summed E-state index contributed by atoms with van der Waals surface area (Å²) in [6.45, 7) is 7.12. The molecule has 0 spiro atoms. The maximum Gasteiger partial charge on any atom is 0.305 e. The van der Waals surface area contributed by atoms with Crippen LogP contribution in [0.1, 0.15) is 45.1 Å². The molecule has 3 heteroatoms. The lowest BCUT2D eigenvalue weighted by molar-refractivity contribution is -0.143. The van der Waals surface area contributed by atoms with Gasteiger partial charge in [-0.15, -0.1) is 0 Å². The zero-order valence-electron chi connectivity index (χ0n) is 11.4. The van der Waals surface area contributed by atoms with Gasteiger partial charge in [-0.05, 0) is 37.0 Å². The second kappa shape index (κ2) is 7.75. The summed E-state index contributed by atoms with van der Waals surface area (Å²) in [5.41, 5.74) is 1.30. The van der Waals surface area contributed by atoms with Gasteiger partial charge in [0.1, 0.15) is 5.75 Å². The molecule has 100 valence electrons. The molecule has 0 unspecified atom stereocenters. The monoisotopic (exact) mass is 250 g/mol. The molecule has 1 aromatic rings. The van der Waals surface area contributed by atoms with Gasteiger partial charge in [-0.3, -0.25) is 4.79 Å². The molecule has 0 aliphatic rings. The maximum absolute atomic E-state index is 11.1. The first kappa shape index (κ1) is 14.6. The minimum absolute atomic E-state index is 0.156. The Labute approximate surface area is 109 Å². The molecule has 1 aromatic carbocycles. The smallest absolute Gasteiger partial charge is 0.305 e. The topological polar surface area (TPSA) is 35.5 Å². The van der Waals surface area contributed by atoms with Crippen LogP contribution in [0.15, 0.2) is 24.3 Å². The van der Waals surface area contributed by atoms with E-state index in [9.17, 15) is 4.79 Å². The Morgan fingerprint density at radius 1 is 1.22 bits per heavy atom. The van der Waals surface area contributed by atoms with Crippen molar-refractivity contribution < 1.29 is 14.3 Å². The van der Waals surface area contributed by atoms with Gasteiger partial charge in [0.2, 0.25) is 0 Å². The first-order valence-corrected chi connectivity index (χ1v) is 6.52. The van der Waals surface area contributed by atoms with Gasteiger partial charge in [0.15, 0.2) is 0 Å². The molecule has 0 bridgehead atoms. The summed E-state index contributed by atoms with van der Waals surface area (Å²) in [4.78, 5) is 11.1. The van der Waals surface area contributed by atoms with Crippen molar-refractivity contribution >= 4 is 5.97 Å². The van der Waals surface area contributed by atoms with Gasteiger partial charge in [-0.1, -0.05) is 26.0 Å². The molecule has 0 aromatic heterocycles. The number of carbonyl (C=O) groups is 1. The number of esters is 1. The third-order valence-electron chi connectivity index (χ3n) is 2.65. The van der Waals surface area contributed by atoms with Crippen LogP contribution in [0.5, 0.6) is 5.75 Å². The van der Waals surface area contributed by atoms with Crippen molar-refractivity contribution in [2.45, 2.75) is 39.5 Å². The predicted molar refractivity (Wildman–Crippen MR) is 71.9 cm³/mol. The molecule has 1 rings (SSSR count). The summed E-state index contributed by atoms with van der Waals surface area (Å²) in [6, 6.07) is 8.09. The number of hydrogen-bond acceptors (Lipinski definition) is 3. The average Bonchev–Trinajstić information content (AvgIpc) is 2.35. The number of rotatable bonds is 7. The van der Waals surface area contributed by atoms with E-state index in [2.05, 4.69) is 26.0 Å². The largest absolute Gasteiger partial charge is 0.494 e. The van der Waals surface area contributed by atoms with E-state index in [1.165, 1.54) is 5.56 Å². The molecule has 3 nitrogen and oxygen atoms in total. The van der Waals surface area contributed by atoms with E-state index in [0.29, 0.717) is 32.0 Å². The van der Waals surface area contributed by atoms with Gasteiger partial charge in [0.25, 0.3) is 0 Å². The number of benzene rings is 1. The molecule has 0 atom stereocenters. The second-order valence-corrected chi connectivity index (χ2v) is 4.48. The van der Waals surface area contributed by atoms with E-state index >= 15 is 0 Å². The second-order valence-electron chi connectivity index (χ2n) is 4.48. The summed E-state index contributed by atoms with van der Waals surface area (Å²) in [6.07, 6.45) is 1.10. The van der Waals surface area contributed by atoms with Crippen molar-refractivity contribution in [3.8, 4) is 5.75 Å². The van der Waals surface area contributed by atoms with Crippen molar-refractivity contribution in [3.05, 3.63) is 29.8 Å². The average molecular weight is 250 g/mol. The normalized spacial score (nSPS) is 10.4. The summed E-state index contributed by atoms with van der Waals surface area (Å²) >= 11 is 0. The van der Waals surface area contributed by atoms with Crippen LogP contribution in [0.3, 0.4) is 0 Å². The fourth-order valence-electron chi connectivity index (χ4n) is 1.59. The van der Waals surface area contributed by atoms with E-state index < -0.39 is 0 Å². The molecule has 0 aliphatic carbocycles. The Kier molecular flexibility index (Phi) is 6.26. The van der Waals surface area contributed by atoms with E-state index in [0.717, 1.165) is 5.75 Å². The highest BCUT2D eigenvalue weighted by molar-refractivity contribution is 5.69. The minimum Gasteiger partial charge on any atom is -0.494 e. The van der Waals surface area contributed by atoms with Crippen LogP contribution < -0.4 is 4.74 Å². The highest BCUT2D eigenvalue weighted by atomic mass is 16.5. The van der Waals surface area contributed by atoms with Gasteiger partial charge >= 0.3 is 5.97 Å². The summed E-state index contributed by atoms with van der Waals surface area (Å²) in [7, 11) is 0. The minimum atomic E-state index is -0.156. The molecular formula is C15H22O3. The van der Waals surface area contributed by atoms with Gasteiger partial charge in [0.05, 0.1) is 13.2 Å². The highest BCUT2D eigenvalue weighted by Gasteiger charge is 2.02. The summed E-state index contributed by atoms with van der Waals surface area (Å²) in [5.74, 6) is 1.22. The van der Waals surface area contributed by atoms with Gasteiger partial charge in [0, 0.05) is 6.42 Å². The number of carbonyl (C=O) groups excluding carboxylic acids is 1. The van der Waals surface area contributed by atoms with Crippen LogP contribution in [0.2, 0.25) is 0 Å². The van der Waals surface area contributed by atoms with Crippen molar-refractivity contribution in [3.63, 3.8) is 0 Å². The fraction of sp³-hybridized carbons (Fsp3) is 0.533. The van der Waals surface area contributed by atoms with Gasteiger partial charge in [-0.25, -0.2) is 0 Å². The quantitative estimate of drug-likeness (QED) is 0.548. The SMILES string of the molecule is CCOC(=O)CCCOc1ccc(C(C)C)cc1. The molecule has 0 saturated carbocycles. The Morgan fingerprint density at radius 3 is 2.44 bits per heavy atom. The van der Waals surface area contributed by atoms with Crippen molar-refractivity contribution in [2.24, 2.45) is 0 Å². The van der Waals surface area contributed by atoms with Crippen LogP contribution in [0.4, 0.5) is 0 Å². The lowest BCUT2D eigenvalue weighted by Crippen LogP contribution is -2.06. The first-order chi connectivity index (χ1) is 8.63. The lowest BCUT2D eigenvalue weighted by Gasteiger charge is -2.08. The molecule has 0 N–H and O–H groups in total. The molecule has 0 aliphatic heterocycles. The third-order valence-corrected chi connectivity index (χ3v) is 2.65. The molecule has 0 saturated heterocycles. The Balaban J connectivity index is 2.25. The summed E-state index contributed by atoms with van der Waals surface area (Å²) in [5, 5.41) is 0. The highest BCUT2D eigenvalue weighted by Crippen LogP contribution is 2.18. The zero-order valence-corrected chi connectivity index (χ0v) is 11.4. The predicted octanol–water partition coefficient (Wildman–Crippen LogP) is 3.53. The van der Waals surface area contributed by atoms with Crippen LogP contribution >= 0.6 is 0 Å². The van der Waals surface area contributed by atoms with Gasteiger partial charge in [-0.2, -0.15) is 0 Å². The standard InChI is InChI=1S/C15H22O3/c1-4-17-15(16)6-5-11-18-14-9-7-13(8-10-14)12(2)3/h7-10,12H,4-6,11H2,1-3H3. The Hall–Kier alpha value is -1.51. The fourth-order valence-corrected chi connectivity index (χ4v) is 1.59. The van der Waals surface area contributed by atoms with Crippen molar-refractivity contribution in [2.75, 3.05) is 13.2 Å². The summed E-state index contributed by atoms with van der Waals surface area (Å²) < 4.78 is 10.4. The van der Waals surface area contributed by atoms with Crippen LogP contribution in [-0.2, 0) is 9.53 Å². The molecular weight excluding hydrogens is 228 g/mol. The molecule has 0 radical (unpaired) electrons. The van der Waals surface area contributed by atoms with E-state index in [1.807, 2.05) is 19.1 Å². The third kappa shape index (κ3) is 5.21. The Bertz CT molecular complexity index is 355. The first-order valence-electron chi connectivity index (χ1n) is 6.52. The lowest BCUT2D eigenvalue weighted by atomic mass is 10.0. The number of ether oxygens (including phenoxy) is 2. The number of hydrogen-bond donors (Lipinski definition) is 0. The molecule has 0 amide bonds. The molecule has 0 heterocycles. The van der Waals surface area contributed by atoms with Crippen molar-refractivity contribution in [1.29, 1.82) is 0 Å². The van der Waals surface area contributed by atoms with E-state index in [4.69, 9.17) is 9.47 Å². The maximum atomic E-state index is 11.1. The zero-order chi connectivity index (χ0) is 13.4. The van der Waals surface area contributed by atoms with Crippen LogP contribution in [-0.4, -0.2) is 19.2 Å². The molecule has 18 heavy (non-hydrogen) atoms.